The lowest BCUT2D eigenvalue weighted by Gasteiger charge is -1.86. The number of rotatable bonds is 5. The van der Waals surface area contributed by atoms with Crippen LogP contribution in [0.25, 0.3) is 0 Å². The van der Waals surface area contributed by atoms with Crippen molar-refractivity contribution in [2.75, 3.05) is 0 Å². The lowest BCUT2D eigenvalue weighted by molar-refractivity contribution is 0.702. The SMILES string of the molecule is C/C=C(C)/C=C/C=C(C)C.CCCCCC. The Hall–Kier alpha value is -0.780. The van der Waals surface area contributed by atoms with E-state index in [1.807, 2.05) is 6.92 Å². The highest BCUT2D eigenvalue weighted by atomic mass is 13.8. The van der Waals surface area contributed by atoms with Gasteiger partial charge in [0.15, 0.2) is 0 Å². The molecule has 16 heavy (non-hydrogen) atoms. The quantitative estimate of drug-likeness (QED) is 0.391. The Balaban J connectivity index is 0. The van der Waals surface area contributed by atoms with Crippen LogP contribution in [0.5, 0.6) is 0 Å². The third-order valence-corrected chi connectivity index (χ3v) is 2.20. The second-order valence-corrected chi connectivity index (χ2v) is 4.34. The Morgan fingerprint density at radius 1 is 0.938 bits per heavy atom. The van der Waals surface area contributed by atoms with E-state index in [0.29, 0.717) is 0 Å². The van der Waals surface area contributed by atoms with E-state index in [0.717, 1.165) is 0 Å². The van der Waals surface area contributed by atoms with Gasteiger partial charge in [0.1, 0.15) is 0 Å². The van der Waals surface area contributed by atoms with Gasteiger partial charge in [0.05, 0.1) is 0 Å². The molecule has 0 heterocycles. The van der Waals surface area contributed by atoms with Crippen molar-refractivity contribution in [3.05, 3.63) is 35.5 Å². The van der Waals surface area contributed by atoms with Gasteiger partial charge in [-0.2, -0.15) is 0 Å². The van der Waals surface area contributed by atoms with Gasteiger partial charge in [0, 0.05) is 0 Å². The van der Waals surface area contributed by atoms with E-state index < -0.39 is 0 Å². The summed E-state index contributed by atoms with van der Waals surface area (Å²) in [5.74, 6) is 0. The minimum Gasteiger partial charge on any atom is -0.0847 e. The highest BCUT2D eigenvalue weighted by molar-refractivity contribution is 5.20. The van der Waals surface area contributed by atoms with E-state index in [2.05, 4.69) is 58.9 Å². The predicted octanol–water partition coefficient (Wildman–Crippen LogP) is 6.06. The molecule has 0 heteroatoms. The second-order valence-electron chi connectivity index (χ2n) is 4.34. The maximum Gasteiger partial charge on any atom is -0.0401 e. The zero-order chi connectivity index (χ0) is 12.8. The highest BCUT2D eigenvalue weighted by Gasteiger charge is 1.75. The van der Waals surface area contributed by atoms with Gasteiger partial charge in [-0.1, -0.05) is 75.0 Å². The molecule has 94 valence electrons. The Morgan fingerprint density at radius 2 is 1.44 bits per heavy atom. The minimum absolute atomic E-state index is 1.30. The maximum absolute atomic E-state index is 2.23. The number of hydrogen-bond acceptors (Lipinski definition) is 0. The normalized spacial score (nSPS) is 11.0. The molecule has 0 nitrogen and oxygen atoms in total. The molecular weight excluding hydrogens is 192 g/mol. The Kier molecular flexibility index (Phi) is 15.7. The van der Waals surface area contributed by atoms with Crippen LogP contribution in [0, 0.1) is 0 Å². The van der Waals surface area contributed by atoms with E-state index in [9.17, 15) is 0 Å². The van der Waals surface area contributed by atoms with E-state index in [-0.39, 0.29) is 0 Å². The van der Waals surface area contributed by atoms with Crippen molar-refractivity contribution in [1.82, 2.24) is 0 Å². The Bertz CT molecular complexity index is 208. The molecule has 0 saturated heterocycles. The first-order valence-corrected chi connectivity index (χ1v) is 6.52. The molecule has 0 amide bonds. The van der Waals surface area contributed by atoms with Crippen LogP contribution < -0.4 is 0 Å². The Labute approximate surface area is 103 Å². The van der Waals surface area contributed by atoms with Crippen molar-refractivity contribution < 1.29 is 0 Å². The summed E-state index contributed by atoms with van der Waals surface area (Å²) in [5.41, 5.74) is 2.64. The first kappa shape index (κ1) is 17.6. The van der Waals surface area contributed by atoms with Crippen LogP contribution in [0.15, 0.2) is 35.5 Å². The summed E-state index contributed by atoms with van der Waals surface area (Å²) >= 11 is 0. The van der Waals surface area contributed by atoms with E-state index in [1.165, 1.54) is 36.8 Å². The maximum atomic E-state index is 2.23. The molecule has 0 aliphatic rings. The molecule has 0 spiro atoms. The monoisotopic (exact) mass is 222 g/mol. The van der Waals surface area contributed by atoms with Gasteiger partial charge in [-0.15, -0.1) is 0 Å². The van der Waals surface area contributed by atoms with E-state index in [1.54, 1.807) is 0 Å². The summed E-state index contributed by atoms with van der Waals surface area (Å²) in [6, 6.07) is 0. The molecule has 0 aromatic rings. The van der Waals surface area contributed by atoms with Crippen molar-refractivity contribution >= 4 is 0 Å². The van der Waals surface area contributed by atoms with Gasteiger partial charge in [-0.05, 0) is 27.7 Å². The van der Waals surface area contributed by atoms with Crippen LogP contribution >= 0.6 is 0 Å². The molecule has 0 fully saturated rings. The van der Waals surface area contributed by atoms with Crippen molar-refractivity contribution in [1.29, 1.82) is 0 Å². The molecule has 0 N–H and O–H groups in total. The van der Waals surface area contributed by atoms with E-state index in [4.69, 9.17) is 0 Å². The summed E-state index contributed by atoms with van der Waals surface area (Å²) in [5, 5.41) is 0. The molecule has 0 radical (unpaired) electrons. The number of hydrogen-bond donors (Lipinski definition) is 0. The minimum atomic E-state index is 1.30. The largest absolute Gasteiger partial charge is 0.0847 e. The van der Waals surface area contributed by atoms with E-state index >= 15 is 0 Å². The van der Waals surface area contributed by atoms with Gasteiger partial charge in [-0.25, -0.2) is 0 Å². The molecule has 0 aliphatic heterocycles. The van der Waals surface area contributed by atoms with Crippen molar-refractivity contribution in [3.63, 3.8) is 0 Å². The second kappa shape index (κ2) is 14.2. The fraction of sp³-hybridized carbons (Fsp3) is 0.625. The van der Waals surface area contributed by atoms with Crippen LogP contribution in [0.3, 0.4) is 0 Å². The molecular formula is C16H30. The molecule has 0 saturated carbocycles. The number of allylic oxidation sites excluding steroid dienone is 6. The third-order valence-electron chi connectivity index (χ3n) is 2.20. The molecule has 0 atom stereocenters. The summed E-state index contributed by atoms with van der Waals surface area (Å²) in [6.45, 7) is 12.8. The molecule has 0 aliphatic carbocycles. The van der Waals surface area contributed by atoms with Crippen LogP contribution in [0.1, 0.15) is 67.2 Å². The zero-order valence-electron chi connectivity index (χ0n) is 12.1. The topological polar surface area (TPSA) is 0 Å². The summed E-state index contributed by atoms with van der Waals surface area (Å²) in [7, 11) is 0. The van der Waals surface area contributed by atoms with Crippen molar-refractivity contribution in [2.45, 2.75) is 67.2 Å². The van der Waals surface area contributed by atoms with Crippen molar-refractivity contribution in [2.24, 2.45) is 0 Å². The van der Waals surface area contributed by atoms with Gasteiger partial charge in [-0.3, -0.25) is 0 Å². The highest BCUT2D eigenvalue weighted by Crippen LogP contribution is 1.96. The smallest absolute Gasteiger partial charge is 0.0401 e. The van der Waals surface area contributed by atoms with Gasteiger partial charge < -0.3 is 0 Å². The fourth-order valence-electron chi connectivity index (χ4n) is 0.989. The lowest BCUT2D eigenvalue weighted by Crippen LogP contribution is -1.66. The number of unbranched alkanes of at least 4 members (excludes halogenated alkanes) is 3. The van der Waals surface area contributed by atoms with Crippen molar-refractivity contribution in [3.8, 4) is 0 Å². The average molecular weight is 222 g/mol. The first-order valence-electron chi connectivity index (χ1n) is 6.52. The van der Waals surface area contributed by atoms with Gasteiger partial charge >= 0.3 is 0 Å². The zero-order valence-corrected chi connectivity index (χ0v) is 12.1. The summed E-state index contributed by atoms with van der Waals surface area (Å²) in [4.78, 5) is 0. The van der Waals surface area contributed by atoms with Crippen LogP contribution in [-0.2, 0) is 0 Å². The summed E-state index contributed by atoms with van der Waals surface area (Å²) < 4.78 is 0. The van der Waals surface area contributed by atoms with Crippen LogP contribution in [0.4, 0.5) is 0 Å². The molecule has 0 unspecified atom stereocenters. The lowest BCUT2D eigenvalue weighted by atomic mass is 10.2. The predicted molar refractivity (Wildman–Crippen MR) is 77.8 cm³/mol. The standard InChI is InChI=1S/C10H16.C6H14/c1-5-10(4)8-6-7-9(2)3;1-3-5-6-4-2/h5-8H,1-4H3;3-6H2,1-2H3/b8-6+,10-5+;. The van der Waals surface area contributed by atoms with Crippen LogP contribution in [-0.4, -0.2) is 0 Å². The molecule has 0 bridgehead atoms. The summed E-state index contributed by atoms with van der Waals surface area (Å²) in [6.07, 6.45) is 13.9. The fourth-order valence-corrected chi connectivity index (χ4v) is 0.989. The Morgan fingerprint density at radius 3 is 1.75 bits per heavy atom. The molecule has 0 aromatic heterocycles. The van der Waals surface area contributed by atoms with Gasteiger partial charge in [0.25, 0.3) is 0 Å². The van der Waals surface area contributed by atoms with Crippen LogP contribution in [0.2, 0.25) is 0 Å². The molecule has 0 rings (SSSR count). The van der Waals surface area contributed by atoms with Gasteiger partial charge in [0.2, 0.25) is 0 Å². The average Bonchev–Trinajstić information content (AvgIpc) is 2.26. The first-order chi connectivity index (χ1) is 7.58. The third kappa shape index (κ3) is 18.9. The molecule has 0 aromatic carbocycles.